The zero-order valence-electron chi connectivity index (χ0n) is 19.0. The van der Waals surface area contributed by atoms with Crippen LogP contribution in [-0.4, -0.2) is 29.6 Å². The van der Waals surface area contributed by atoms with E-state index in [1.54, 1.807) is 31.3 Å². The van der Waals surface area contributed by atoms with Gasteiger partial charge in [-0.15, -0.1) is 0 Å². The lowest BCUT2D eigenvalue weighted by Gasteiger charge is -2.17. The van der Waals surface area contributed by atoms with Crippen molar-refractivity contribution >= 4 is 28.9 Å². The van der Waals surface area contributed by atoms with Crippen LogP contribution in [0, 0.1) is 18.3 Å². The van der Waals surface area contributed by atoms with Crippen LogP contribution >= 0.6 is 0 Å². The number of nitrogens with one attached hydrogen (secondary N) is 3. The van der Waals surface area contributed by atoms with Crippen LogP contribution in [-0.2, 0) is 15.5 Å². The second-order valence-electron chi connectivity index (χ2n) is 7.75. The summed E-state index contributed by atoms with van der Waals surface area (Å²) in [5.41, 5.74) is 0.394. The van der Waals surface area contributed by atoms with Gasteiger partial charge in [-0.1, -0.05) is 12.1 Å². The topological polar surface area (TPSA) is 117 Å². The van der Waals surface area contributed by atoms with Gasteiger partial charge in [-0.2, -0.15) is 0 Å². The number of ether oxygens (including phenoxy) is 1. The minimum absolute atomic E-state index is 0.0917. The summed E-state index contributed by atoms with van der Waals surface area (Å²) in [6.45, 7) is 3.80. The van der Waals surface area contributed by atoms with E-state index in [2.05, 4.69) is 15.6 Å². The van der Waals surface area contributed by atoms with Gasteiger partial charge in [0.25, 0.3) is 5.92 Å². The number of carbonyl (C=O) groups excluding carboxylic acids is 2. The fourth-order valence-electron chi connectivity index (χ4n) is 3.24. The molecule has 1 aromatic heterocycles. The number of aromatic nitrogens is 1. The molecule has 0 fully saturated rings. The molecule has 10 heteroatoms. The lowest BCUT2D eigenvalue weighted by atomic mass is 10.0. The molecular formula is C24H24F2N4O4. The summed E-state index contributed by atoms with van der Waals surface area (Å²) < 4.78 is 38.1. The van der Waals surface area contributed by atoms with E-state index in [4.69, 9.17) is 14.6 Å². The number of aryl methyl sites for hydroxylation is 1. The summed E-state index contributed by atoms with van der Waals surface area (Å²) in [6.07, 6.45) is 1.54. The van der Waals surface area contributed by atoms with Crippen LogP contribution in [0.3, 0.4) is 0 Å². The standard InChI is InChI=1S/C24H24F2N4O4/c1-13-12-28-23(34-13)18-11-17(8-9-19(18)33-4)30-22(32)20(14(2)27)21(31)29-16-7-5-6-15(10-16)24(3,25)26/h5-12,20,27H,1-4H3,(H,29,31)(H,30,32). The van der Waals surface area contributed by atoms with Gasteiger partial charge in [-0.3, -0.25) is 9.59 Å². The third-order valence-corrected chi connectivity index (χ3v) is 4.91. The molecule has 8 nitrogen and oxygen atoms in total. The first-order valence-electron chi connectivity index (χ1n) is 10.3. The number of benzene rings is 2. The third kappa shape index (κ3) is 5.64. The molecule has 1 atom stereocenters. The van der Waals surface area contributed by atoms with Crippen LogP contribution in [0.2, 0.25) is 0 Å². The van der Waals surface area contributed by atoms with E-state index in [-0.39, 0.29) is 22.9 Å². The number of oxazole rings is 1. The molecule has 0 radical (unpaired) electrons. The van der Waals surface area contributed by atoms with Crippen LogP contribution in [0.15, 0.2) is 53.1 Å². The monoisotopic (exact) mass is 470 g/mol. The molecule has 2 amide bonds. The van der Waals surface area contributed by atoms with Gasteiger partial charge in [0.15, 0.2) is 5.92 Å². The molecule has 34 heavy (non-hydrogen) atoms. The van der Waals surface area contributed by atoms with Gasteiger partial charge in [-0.25, -0.2) is 13.8 Å². The Morgan fingerprint density at radius 3 is 2.29 bits per heavy atom. The lowest BCUT2D eigenvalue weighted by Crippen LogP contribution is -2.38. The maximum absolute atomic E-state index is 13.6. The highest BCUT2D eigenvalue weighted by atomic mass is 19.3. The molecule has 3 N–H and O–H groups in total. The zero-order chi connectivity index (χ0) is 25.0. The Morgan fingerprint density at radius 1 is 1.12 bits per heavy atom. The van der Waals surface area contributed by atoms with Gasteiger partial charge in [0.1, 0.15) is 11.5 Å². The molecule has 2 aromatic carbocycles. The highest BCUT2D eigenvalue weighted by Gasteiger charge is 2.30. The van der Waals surface area contributed by atoms with E-state index in [0.717, 1.165) is 13.0 Å². The summed E-state index contributed by atoms with van der Waals surface area (Å²) in [6, 6.07) is 9.90. The van der Waals surface area contributed by atoms with E-state index < -0.39 is 23.7 Å². The van der Waals surface area contributed by atoms with E-state index in [9.17, 15) is 18.4 Å². The molecule has 0 aliphatic rings. The average molecular weight is 470 g/mol. The van der Waals surface area contributed by atoms with Crippen molar-refractivity contribution in [3.05, 3.63) is 60.0 Å². The number of anilines is 2. The van der Waals surface area contributed by atoms with E-state index in [1.165, 1.54) is 32.2 Å². The first-order chi connectivity index (χ1) is 16.0. The molecule has 3 aromatic rings. The first-order valence-corrected chi connectivity index (χ1v) is 10.3. The van der Waals surface area contributed by atoms with Crippen LogP contribution in [0.25, 0.3) is 11.5 Å². The molecule has 0 aliphatic heterocycles. The third-order valence-electron chi connectivity index (χ3n) is 4.91. The van der Waals surface area contributed by atoms with Gasteiger partial charge < -0.3 is 25.2 Å². The van der Waals surface area contributed by atoms with Gasteiger partial charge in [0, 0.05) is 29.6 Å². The molecule has 0 bridgehead atoms. The number of nitrogens with zero attached hydrogens (tertiary/aromatic N) is 1. The van der Waals surface area contributed by atoms with Crippen molar-refractivity contribution in [1.29, 1.82) is 5.41 Å². The second-order valence-corrected chi connectivity index (χ2v) is 7.75. The molecule has 0 aliphatic carbocycles. The van der Waals surface area contributed by atoms with E-state index in [0.29, 0.717) is 22.8 Å². The predicted octanol–water partition coefficient (Wildman–Crippen LogP) is 5.00. The molecule has 0 saturated heterocycles. The molecule has 0 spiro atoms. The predicted molar refractivity (Wildman–Crippen MR) is 123 cm³/mol. The normalized spacial score (nSPS) is 12.1. The van der Waals surface area contributed by atoms with Crippen LogP contribution in [0.5, 0.6) is 5.75 Å². The second kappa shape index (κ2) is 9.82. The summed E-state index contributed by atoms with van der Waals surface area (Å²) in [5, 5.41) is 13.0. The molecule has 0 saturated carbocycles. The lowest BCUT2D eigenvalue weighted by molar-refractivity contribution is -0.126. The highest BCUT2D eigenvalue weighted by Crippen LogP contribution is 2.32. The SMILES string of the molecule is COc1ccc(NC(=O)C(C(C)=N)C(=O)Nc2cccc(C(C)(F)F)c2)cc1-c1ncc(C)o1. The van der Waals surface area contributed by atoms with Crippen molar-refractivity contribution in [3.8, 4) is 17.2 Å². The van der Waals surface area contributed by atoms with E-state index in [1.807, 2.05) is 0 Å². The Balaban J connectivity index is 1.82. The quantitative estimate of drug-likeness (QED) is 0.316. The molecule has 178 valence electrons. The number of hydrogen-bond acceptors (Lipinski definition) is 6. The number of rotatable bonds is 8. The number of halogens is 2. The maximum atomic E-state index is 13.6. The van der Waals surface area contributed by atoms with Crippen molar-refractivity contribution in [2.75, 3.05) is 17.7 Å². The van der Waals surface area contributed by atoms with Crippen molar-refractivity contribution in [2.24, 2.45) is 5.92 Å². The smallest absolute Gasteiger partial charge is 0.270 e. The summed E-state index contributed by atoms with van der Waals surface area (Å²) in [4.78, 5) is 29.9. The molecule has 1 unspecified atom stereocenters. The maximum Gasteiger partial charge on any atom is 0.270 e. The summed E-state index contributed by atoms with van der Waals surface area (Å²) in [5.74, 6) is -4.82. The summed E-state index contributed by atoms with van der Waals surface area (Å²) in [7, 11) is 1.48. The van der Waals surface area contributed by atoms with Crippen LogP contribution in [0.1, 0.15) is 25.2 Å². The molecule has 3 rings (SSSR count). The fourth-order valence-corrected chi connectivity index (χ4v) is 3.24. The highest BCUT2D eigenvalue weighted by molar-refractivity contribution is 6.24. The average Bonchev–Trinajstić information content (AvgIpc) is 3.19. The fraction of sp³-hybridized carbons (Fsp3) is 0.250. The van der Waals surface area contributed by atoms with Crippen molar-refractivity contribution < 1.29 is 27.5 Å². The Labute approximate surface area is 194 Å². The number of methoxy groups -OCH3 is 1. The van der Waals surface area contributed by atoms with Crippen LogP contribution in [0.4, 0.5) is 20.2 Å². The molecular weight excluding hydrogens is 446 g/mol. The van der Waals surface area contributed by atoms with Crippen LogP contribution < -0.4 is 15.4 Å². The Morgan fingerprint density at radius 2 is 1.76 bits per heavy atom. The number of carbonyl (C=O) groups is 2. The van der Waals surface area contributed by atoms with Crippen molar-refractivity contribution in [3.63, 3.8) is 0 Å². The zero-order valence-corrected chi connectivity index (χ0v) is 19.0. The number of amides is 2. The largest absolute Gasteiger partial charge is 0.496 e. The Bertz CT molecular complexity index is 1230. The minimum Gasteiger partial charge on any atom is -0.496 e. The van der Waals surface area contributed by atoms with Gasteiger partial charge in [0.2, 0.25) is 17.7 Å². The summed E-state index contributed by atoms with van der Waals surface area (Å²) >= 11 is 0. The van der Waals surface area contributed by atoms with Crippen molar-refractivity contribution in [2.45, 2.75) is 26.7 Å². The van der Waals surface area contributed by atoms with Gasteiger partial charge in [0.05, 0.1) is 18.9 Å². The first kappa shape index (κ1) is 24.6. The van der Waals surface area contributed by atoms with Crippen molar-refractivity contribution in [1.82, 2.24) is 4.98 Å². The minimum atomic E-state index is -3.09. The Hall–Kier alpha value is -4.08. The van der Waals surface area contributed by atoms with Gasteiger partial charge in [-0.05, 0) is 44.2 Å². The molecule has 1 heterocycles. The Kier molecular flexibility index (Phi) is 7.09. The number of hydrogen-bond donors (Lipinski definition) is 3. The number of alkyl halides is 2. The van der Waals surface area contributed by atoms with Gasteiger partial charge >= 0.3 is 0 Å². The van der Waals surface area contributed by atoms with E-state index >= 15 is 0 Å².